The monoisotopic (exact) mass is 270 g/mol. The number of halogens is 4. The first-order chi connectivity index (χ1) is 7.38. The molecule has 0 spiro atoms. The molecule has 16 heavy (non-hydrogen) atoms. The minimum absolute atomic E-state index is 0.00532. The molecule has 0 N–H and O–H groups in total. The topological polar surface area (TPSA) is 9.23 Å². The van der Waals surface area contributed by atoms with E-state index in [4.69, 9.17) is 16.3 Å². The molecule has 0 heterocycles. The average Bonchev–Trinajstić information content (AvgIpc) is 2.16. The van der Waals surface area contributed by atoms with Crippen molar-refractivity contribution in [3.63, 3.8) is 0 Å². The molecule has 0 amide bonds. The van der Waals surface area contributed by atoms with Crippen molar-refractivity contribution >= 4 is 23.4 Å². The summed E-state index contributed by atoms with van der Waals surface area (Å²) in [5.41, 5.74) is -3.35. The van der Waals surface area contributed by atoms with E-state index >= 15 is 0 Å². The van der Waals surface area contributed by atoms with Crippen LogP contribution in [0, 0.1) is 6.92 Å². The zero-order valence-corrected chi connectivity index (χ0v) is 10.0. The van der Waals surface area contributed by atoms with Crippen LogP contribution in [-0.2, 0) is 0 Å². The summed E-state index contributed by atoms with van der Waals surface area (Å²) in [6, 6.07) is 5.05. The number of hydrogen-bond donors (Lipinski definition) is 0. The molecule has 90 valence electrons. The summed E-state index contributed by atoms with van der Waals surface area (Å²) < 4.78 is 40.6. The predicted molar refractivity (Wildman–Crippen MR) is 60.2 cm³/mol. The van der Waals surface area contributed by atoms with Crippen LogP contribution in [0.1, 0.15) is 5.56 Å². The fourth-order valence-corrected chi connectivity index (χ4v) is 1.60. The van der Waals surface area contributed by atoms with Crippen molar-refractivity contribution in [2.45, 2.75) is 12.4 Å². The molecule has 0 aliphatic heterocycles. The van der Waals surface area contributed by atoms with Gasteiger partial charge in [0, 0.05) is 10.8 Å². The maximum absolute atomic E-state index is 11.8. The van der Waals surface area contributed by atoms with Gasteiger partial charge in [-0.3, -0.25) is 0 Å². The van der Waals surface area contributed by atoms with Gasteiger partial charge >= 0.3 is 5.51 Å². The van der Waals surface area contributed by atoms with Crippen LogP contribution in [0.3, 0.4) is 0 Å². The Kier molecular flexibility index (Phi) is 4.80. The van der Waals surface area contributed by atoms with Gasteiger partial charge in [-0.05, 0) is 36.4 Å². The van der Waals surface area contributed by atoms with Crippen molar-refractivity contribution in [3.8, 4) is 5.75 Å². The molecular formula is C10H10ClF3OS. The Morgan fingerprint density at radius 1 is 1.38 bits per heavy atom. The quantitative estimate of drug-likeness (QED) is 0.755. The molecule has 1 rings (SSSR count). The Bertz CT molecular complexity index is 354. The summed E-state index contributed by atoms with van der Waals surface area (Å²) in [6.45, 7) is 1.81. The standard InChI is InChI=1S/C10H10ClF3OS/c1-7-2-3-8(11)6-9(7)15-4-5-16-10(12,13)14/h2-3,6H,4-5H2,1H3. The summed E-state index contributed by atoms with van der Waals surface area (Å²) in [4.78, 5) is 0. The highest BCUT2D eigenvalue weighted by Gasteiger charge is 2.27. The molecule has 0 aliphatic carbocycles. The summed E-state index contributed by atoms with van der Waals surface area (Å²) in [6.07, 6.45) is 0. The van der Waals surface area contributed by atoms with E-state index in [9.17, 15) is 13.2 Å². The molecule has 0 saturated carbocycles. The molecule has 1 nitrogen and oxygen atoms in total. The SMILES string of the molecule is Cc1ccc(Cl)cc1OCCSC(F)(F)F. The Morgan fingerprint density at radius 3 is 2.69 bits per heavy atom. The second-order valence-corrected chi connectivity index (χ2v) is 4.65. The van der Waals surface area contributed by atoms with Crippen molar-refractivity contribution in [2.24, 2.45) is 0 Å². The third-order valence-electron chi connectivity index (χ3n) is 1.76. The third-order valence-corrected chi connectivity index (χ3v) is 2.69. The largest absolute Gasteiger partial charge is 0.492 e. The lowest BCUT2D eigenvalue weighted by molar-refractivity contribution is -0.0329. The minimum atomic E-state index is -4.20. The third kappa shape index (κ3) is 4.99. The van der Waals surface area contributed by atoms with E-state index in [1.54, 1.807) is 18.2 Å². The number of thioether (sulfide) groups is 1. The molecule has 0 fully saturated rings. The molecular weight excluding hydrogens is 261 g/mol. The number of rotatable bonds is 4. The van der Waals surface area contributed by atoms with Gasteiger partial charge in [-0.2, -0.15) is 13.2 Å². The van der Waals surface area contributed by atoms with E-state index in [2.05, 4.69) is 0 Å². The maximum Gasteiger partial charge on any atom is 0.441 e. The fraction of sp³-hybridized carbons (Fsp3) is 0.400. The highest BCUT2D eigenvalue weighted by atomic mass is 35.5. The van der Waals surface area contributed by atoms with Crippen LogP contribution < -0.4 is 4.74 Å². The Hall–Kier alpha value is -0.550. The van der Waals surface area contributed by atoms with Crippen molar-refractivity contribution in [1.29, 1.82) is 0 Å². The van der Waals surface area contributed by atoms with E-state index in [0.29, 0.717) is 10.8 Å². The van der Waals surface area contributed by atoms with Gasteiger partial charge in [0.05, 0.1) is 6.61 Å². The van der Waals surface area contributed by atoms with Gasteiger partial charge in [0.25, 0.3) is 0 Å². The summed E-state index contributed by atoms with van der Waals surface area (Å²) in [7, 11) is 0. The van der Waals surface area contributed by atoms with E-state index in [1.807, 2.05) is 6.92 Å². The molecule has 0 saturated heterocycles. The first kappa shape index (κ1) is 13.5. The van der Waals surface area contributed by atoms with Gasteiger partial charge < -0.3 is 4.74 Å². The number of hydrogen-bond acceptors (Lipinski definition) is 2. The van der Waals surface area contributed by atoms with E-state index in [-0.39, 0.29) is 24.1 Å². The zero-order chi connectivity index (χ0) is 12.2. The molecule has 0 bridgehead atoms. The highest BCUT2D eigenvalue weighted by Crippen LogP contribution is 2.30. The van der Waals surface area contributed by atoms with Crippen molar-refractivity contribution in [3.05, 3.63) is 28.8 Å². The Morgan fingerprint density at radius 2 is 2.06 bits per heavy atom. The van der Waals surface area contributed by atoms with Gasteiger partial charge in [0.1, 0.15) is 5.75 Å². The van der Waals surface area contributed by atoms with Crippen LogP contribution in [0.25, 0.3) is 0 Å². The van der Waals surface area contributed by atoms with Crippen molar-refractivity contribution < 1.29 is 17.9 Å². The van der Waals surface area contributed by atoms with Crippen LogP contribution in [0.15, 0.2) is 18.2 Å². The second-order valence-electron chi connectivity index (χ2n) is 3.05. The van der Waals surface area contributed by atoms with E-state index in [1.165, 1.54) is 0 Å². The highest BCUT2D eigenvalue weighted by molar-refractivity contribution is 8.00. The van der Waals surface area contributed by atoms with Crippen LogP contribution in [0.4, 0.5) is 13.2 Å². The normalized spacial score (nSPS) is 11.6. The van der Waals surface area contributed by atoms with Crippen molar-refractivity contribution in [2.75, 3.05) is 12.4 Å². The molecule has 0 aromatic heterocycles. The van der Waals surface area contributed by atoms with Crippen LogP contribution in [-0.4, -0.2) is 17.9 Å². The zero-order valence-electron chi connectivity index (χ0n) is 8.47. The number of benzene rings is 1. The average molecular weight is 271 g/mol. The molecule has 0 unspecified atom stereocenters. The van der Waals surface area contributed by atoms with E-state index in [0.717, 1.165) is 5.56 Å². The molecule has 0 atom stereocenters. The maximum atomic E-state index is 11.8. The molecule has 0 radical (unpaired) electrons. The molecule has 0 aliphatic rings. The van der Waals surface area contributed by atoms with Gasteiger partial charge in [-0.15, -0.1) is 0 Å². The predicted octanol–water partition coefficient (Wildman–Crippen LogP) is 4.28. The summed E-state index contributed by atoms with van der Waals surface area (Å²) in [5, 5.41) is 0.504. The first-order valence-electron chi connectivity index (χ1n) is 4.48. The lowest BCUT2D eigenvalue weighted by Crippen LogP contribution is -2.07. The summed E-state index contributed by atoms with van der Waals surface area (Å²) in [5.74, 6) is 0.394. The summed E-state index contributed by atoms with van der Waals surface area (Å²) >= 11 is 5.64. The van der Waals surface area contributed by atoms with Gasteiger partial charge in [-0.1, -0.05) is 17.7 Å². The van der Waals surface area contributed by atoms with E-state index < -0.39 is 5.51 Å². The van der Waals surface area contributed by atoms with Gasteiger partial charge in [-0.25, -0.2) is 0 Å². The Labute approximate surface area is 101 Å². The number of aryl methyl sites for hydroxylation is 1. The fourth-order valence-electron chi connectivity index (χ4n) is 1.04. The smallest absolute Gasteiger partial charge is 0.441 e. The van der Waals surface area contributed by atoms with Gasteiger partial charge in [0.2, 0.25) is 0 Å². The molecule has 6 heteroatoms. The van der Waals surface area contributed by atoms with Crippen molar-refractivity contribution in [1.82, 2.24) is 0 Å². The molecule has 1 aromatic rings. The second kappa shape index (κ2) is 5.68. The van der Waals surface area contributed by atoms with Crippen LogP contribution in [0.2, 0.25) is 5.02 Å². The molecule has 1 aromatic carbocycles. The van der Waals surface area contributed by atoms with Crippen LogP contribution in [0.5, 0.6) is 5.75 Å². The lowest BCUT2D eigenvalue weighted by Gasteiger charge is -2.10. The number of alkyl halides is 3. The van der Waals surface area contributed by atoms with Crippen LogP contribution >= 0.6 is 23.4 Å². The Balaban J connectivity index is 2.40. The first-order valence-corrected chi connectivity index (χ1v) is 5.84. The number of ether oxygens (including phenoxy) is 1. The van der Waals surface area contributed by atoms with Gasteiger partial charge in [0.15, 0.2) is 0 Å². The minimum Gasteiger partial charge on any atom is -0.492 e. The lowest BCUT2D eigenvalue weighted by atomic mass is 10.2.